The van der Waals surface area contributed by atoms with Gasteiger partial charge in [-0.1, -0.05) is 22.9 Å². The number of nitrogen functional groups attached to an aromatic ring is 1. The summed E-state index contributed by atoms with van der Waals surface area (Å²) in [6.45, 7) is 0.166. The van der Waals surface area contributed by atoms with Crippen LogP contribution in [0.1, 0.15) is 5.01 Å². The van der Waals surface area contributed by atoms with E-state index in [2.05, 4.69) is 31.6 Å². The van der Waals surface area contributed by atoms with Crippen molar-refractivity contribution in [1.29, 1.82) is 0 Å². The Balaban J connectivity index is 2.08. The van der Waals surface area contributed by atoms with Gasteiger partial charge in [-0.15, -0.1) is 10.2 Å². The molecule has 1 aromatic carbocycles. The zero-order valence-electron chi connectivity index (χ0n) is 8.78. The quantitative estimate of drug-likeness (QED) is 0.502. The second kappa shape index (κ2) is 5.79. The van der Waals surface area contributed by atoms with Crippen LogP contribution in [0, 0.1) is 5.82 Å². The topological polar surface area (TPSA) is 73.1 Å². The number of ether oxygens (including phenoxy) is 1. The minimum atomic E-state index is -0.545. The average molecular weight is 354 g/mol. The highest BCUT2D eigenvalue weighted by molar-refractivity contribution is 9.10. The number of nitrogens with zero attached hydrogens (tertiary/aromatic N) is 2. The molecule has 0 unspecified atom stereocenters. The Kier molecular flexibility index (Phi) is 4.33. The highest BCUT2D eigenvalue weighted by Crippen LogP contribution is 2.31. The number of benzene rings is 1. The van der Waals surface area contributed by atoms with Crippen LogP contribution in [0.2, 0.25) is 5.02 Å². The second-order valence-corrected chi connectivity index (χ2v) is 5.45. The Morgan fingerprint density at radius 1 is 1.50 bits per heavy atom. The summed E-state index contributed by atoms with van der Waals surface area (Å²) in [6.07, 6.45) is 0. The molecule has 0 aliphatic heterocycles. The smallest absolute Gasteiger partial charge is 0.219 e. The Hall–Kier alpha value is -0.960. The molecule has 0 aliphatic rings. The fraction of sp³-hybridized carbons (Fsp3) is 0.111. The molecule has 0 radical (unpaired) electrons. The van der Waals surface area contributed by atoms with Crippen LogP contribution >= 0.6 is 38.9 Å². The van der Waals surface area contributed by atoms with E-state index in [1.54, 1.807) is 0 Å². The first-order chi connectivity index (χ1) is 8.60. The van der Waals surface area contributed by atoms with Crippen LogP contribution in [0.25, 0.3) is 0 Å². The van der Waals surface area contributed by atoms with Crippen molar-refractivity contribution < 1.29 is 9.13 Å². The Morgan fingerprint density at radius 2 is 2.28 bits per heavy atom. The summed E-state index contributed by atoms with van der Waals surface area (Å²) < 4.78 is 19.2. The van der Waals surface area contributed by atoms with E-state index >= 15 is 0 Å². The minimum Gasteiger partial charge on any atom is -0.485 e. The van der Waals surface area contributed by atoms with E-state index in [4.69, 9.17) is 22.2 Å². The molecule has 96 valence electrons. The molecule has 1 heterocycles. The fourth-order valence-corrected chi connectivity index (χ4v) is 2.44. The standard InChI is InChI=1S/C9H7BrClFN4OS/c10-4-1-5(11)6(12)2-7(4)17-3-8-15-16-9(14-13)18-8/h1-2H,3,13H2,(H,14,16). The van der Waals surface area contributed by atoms with E-state index in [0.29, 0.717) is 20.4 Å². The number of nitrogens with two attached hydrogens (primary N) is 1. The monoisotopic (exact) mass is 352 g/mol. The van der Waals surface area contributed by atoms with Gasteiger partial charge in [-0.05, 0) is 22.0 Å². The van der Waals surface area contributed by atoms with Gasteiger partial charge >= 0.3 is 0 Å². The Labute approximate surface area is 119 Å². The van der Waals surface area contributed by atoms with E-state index in [1.807, 2.05) is 0 Å². The molecule has 0 saturated carbocycles. The number of hydrogen-bond donors (Lipinski definition) is 2. The molecule has 9 heteroatoms. The van der Waals surface area contributed by atoms with Gasteiger partial charge in [0, 0.05) is 6.07 Å². The van der Waals surface area contributed by atoms with Gasteiger partial charge < -0.3 is 4.74 Å². The van der Waals surface area contributed by atoms with Gasteiger partial charge in [-0.2, -0.15) is 0 Å². The number of hydrazine groups is 1. The molecule has 0 amide bonds. The van der Waals surface area contributed by atoms with Gasteiger partial charge in [0.1, 0.15) is 18.2 Å². The van der Waals surface area contributed by atoms with Crippen molar-refractivity contribution in [3.63, 3.8) is 0 Å². The van der Waals surface area contributed by atoms with Crippen molar-refractivity contribution in [3.8, 4) is 5.75 Å². The van der Waals surface area contributed by atoms with Crippen molar-refractivity contribution in [3.05, 3.63) is 32.5 Å². The van der Waals surface area contributed by atoms with Crippen molar-refractivity contribution in [2.45, 2.75) is 6.61 Å². The maximum atomic E-state index is 13.3. The predicted molar refractivity (Wildman–Crippen MR) is 71.2 cm³/mol. The van der Waals surface area contributed by atoms with Crippen molar-refractivity contribution >= 4 is 44.0 Å². The average Bonchev–Trinajstić information content (AvgIpc) is 2.80. The lowest BCUT2D eigenvalue weighted by molar-refractivity contribution is 0.301. The maximum Gasteiger partial charge on any atom is 0.219 e. The predicted octanol–water partition coefficient (Wildman–Crippen LogP) is 2.96. The molecular weight excluding hydrogens is 347 g/mol. The third kappa shape index (κ3) is 3.08. The molecule has 18 heavy (non-hydrogen) atoms. The fourth-order valence-electron chi connectivity index (χ4n) is 1.12. The van der Waals surface area contributed by atoms with Crippen LogP contribution < -0.4 is 16.0 Å². The van der Waals surface area contributed by atoms with Gasteiger partial charge in [0.25, 0.3) is 0 Å². The van der Waals surface area contributed by atoms with Crippen LogP contribution in [0.4, 0.5) is 9.52 Å². The summed E-state index contributed by atoms with van der Waals surface area (Å²) in [5, 5.41) is 8.71. The molecule has 1 aromatic heterocycles. The molecular formula is C9H7BrClFN4OS. The van der Waals surface area contributed by atoms with Gasteiger partial charge in [0.15, 0.2) is 5.01 Å². The van der Waals surface area contributed by atoms with Gasteiger partial charge in [0.2, 0.25) is 5.13 Å². The highest BCUT2D eigenvalue weighted by Gasteiger charge is 2.09. The molecule has 0 atom stereocenters. The van der Waals surface area contributed by atoms with Crippen molar-refractivity contribution in [2.75, 3.05) is 5.43 Å². The molecule has 0 saturated heterocycles. The zero-order valence-corrected chi connectivity index (χ0v) is 11.9. The number of nitrogens with one attached hydrogen (secondary N) is 1. The first kappa shape index (κ1) is 13.5. The van der Waals surface area contributed by atoms with E-state index < -0.39 is 5.82 Å². The zero-order chi connectivity index (χ0) is 13.1. The van der Waals surface area contributed by atoms with E-state index in [-0.39, 0.29) is 11.6 Å². The van der Waals surface area contributed by atoms with Crippen LogP contribution in [-0.4, -0.2) is 10.2 Å². The molecule has 0 bridgehead atoms. The van der Waals surface area contributed by atoms with Crippen molar-refractivity contribution in [1.82, 2.24) is 10.2 Å². The van der Waals surface area contributed by atoms with E-state index in [9.17, 15) is 4.39 Å². The largest absolute Gasteiger partial charge is 0.485 e. The minimum absolute atomic E-state index is 0.0276. The molecule has 0 aliphatic carbocycles. The number of anilines is 1. The Morgan fingerprint density at radius 3 is 2.94 bits per heavy atom. The number of hydrogen-bond acceptors (Lipinski definition) is 6. The van der Waals surface area contributed by atoms with Crippen LogP contribution in [-0.2, 0) is 6.61 Å². The van der Waals surface area contributed by atoms with Crippen LogP contribution in [0.3, 0.4) is 0 Å². The molecule has 5 nitrogen and oxygen atoms in total. The third-order valence-electron chi connectivity index (χ3n) is 1.92. The second-order valence-electron chi connectivity index (χ2n) is 3.13. The molecule has 3 N–H and O–H groups in total. The number of rotatable bonds is 4. The highest BCUT2D eigenvalue weighted by atomic mass is 79.9. The molecule has 0 fully saturated rings. The Bertz CT molecular complexity index is 567. The molecule has 2 aromatic rings. The number of halogens is 3. The van der Waals surface area contributed by atoms with Crippen molar-refractivity contribution in [2.24, 2.45) is 5.84 Å². The lowest BCUT2D eigenvalue weighted by Gasteiger charge is -2.07. The maximum absolute atomic E-state index is 13.3. The molecule has 0 spiro atoms. The number of aromatic nitrogens is 2. The first-order valence-electron chi connectivity index (χ1n) is 4.66. The summed E-state index contributed by atoms with van der Waals surface area (Å²) in [7, 11) is 0. The summed E-state index contributed by atoms with van der Waals surface area (Å²) >= 11 is 10.1. The first-order valence-corrected chi connectivity index (χ1v) is 6.65. The summed E-state index contributed by atoms with van der Waals surface area (Å²) in [6, 6.07) is 2.63. The summed E-state index contributed by atoms with van der Waals surface area (Å²) in [5.74, 6) is 4.97. The van der Waals surface area contributed by atoms with Gasteiger partial charge in [-0.25, -0.2) is 10.2 Å². The summed E-state index contributed by atoms with van der Waals surface area (Å²) in [4.78, 5) is 0. The summed E-state index contributed by atoms with van der Waals surface area (Å²) in [5.41, 5.74) is 2.38. The normalized spacial score (nSPS) is 10.4. The third-order valence-corrected chi connectivity index (χ3v) is 3.65. The lowest BCUT2D eigenvalue weighted by Crippen LogP contribution is -2.05. The van der Waals surface area contributed by atoms with Crippen LogP contribution in [0.5, 0.6) is 5.75 Å². The SMILES string of the molecule is NNc1nnc(COc2cc(F)c(Cl)cc2Br)s1. The van der Waals surface area contributed by atoms with Crippen LogP contribution in [0.15, 0.2) is 16.6 Å². The van der Waals surface area contributed by atoms with Gasteiger partial charge in [0.05, 0.1) is 9.50 Å². The molecule has 2 rings (SSSR count). The lowest BCUT2D eigenvalue weighted by atomic mass is 10.3. The van der Waals surface area contributed by atoms with E-state index in [0.717, 1.165) is 0 Å². The van der Waals surface area contributed by atoms with Gasteiger partial charge in [-0.3, -0.25) is 5.43 Å². The van der Waals surface area contributed by atoms with E-state index in [1.165, 1.54) is 23.5 Å².